The number of pyridine rings is 1. The summed E-state index contributed by atoms with van der Waals surface area (Å²) >= 11 is 6.11. The number of benzene rings is 1. The molecule has 1 aromatic carbocycles. The lowest BCUT2D eigenvalue weighted by Gasteiger charge is -2.26. The standard InChI is InChI=1S/C21H23ClFNO7/c1-28-19-11-24(17(21(26)27)9-14-12-29-6-7-30-14)20(25)10-16(19)15-8-13(22)2-3-18(15)31-5-4-23/h2-3,8,10-11,14,17H,4-7,9,12H2,1H3,(H,26,27). The van der Waals surface area contributed by atoms with Crippen LogP contribution in [0.4, 0.5) is 4.39 Å². The van der Waals surface area contributed by atoms with Crippen molar-refractivity contribution in [3.05, 3.63) is 45.8 Å². The Kier molecular flexibility index (Phi) is 7.89. The number of methoxy groups -OCH3 is 1. The predicted octanol–water partition coefficient (Wildman–Crippen LogP) is 2.96. The van der Waals surface area contributed by atoms with Gasteiger partial charge < -0.3 is 24.1 Å². The highest BCUT2D eigenvalue weighted by Crippen LogP contribution is 2.37. The van der Waals surface area contributed by atoms with E-state index in [-0.39, 0.29) is 25.4 Å². The van der Waals surface area contributed by atoms with Crippen LogP contribution in [0.1, 0.15) is 12.5 Å². The molecule has 0 radical (unpaired) electrons. The fourth-order valence-corrected chi connectivity index (χ4v) is 3.56. The fraction of sp³-hybridized carbons (Fsp3) is 0.429. The molecular formula is C21H23ClFNO7. The van der Waals surface area contributed by atoms with Crippen LogP contribution in [-0.2, 0) is 14.3 Å². The largest absolute Gasteiger partial charge is 0.495 e. The minimum atomic E-state index is -1.18. The maximum Gasteiger partial charge on any atom is 0.326 e. The van der Waals surface area contributed by atoms with Crippen LogP contribution in [-0.4, -0.2) is 62.0 Å². The van der Waals surface area contributed by atoms with Crippen molar-refractivity contribution in [2.75, 3.05) is 40.2 Å². The Bertz CT molecular complexity index is 975. The number of hydrogen-bond acceptors (Lipinski definition) is 6. The third kappa shape index (κ3) is 5.55. The number of aromatic nitrogens is 1. The van der Waals surface area contributed by atoms with Crippen LogP contribution in [0, 0.1) is 0 Å². The van der Waals surface area contributed by atoms with E-state index in [4.69, 9.17) is 30.5 Å². The smallest absolute Gasteiger partial charge is 0.326 e. The molecule has 0 aliphatic carbocycles. The molecule has 1 saturated heterocycles. The third-order valence-electron chi connectivity index (χ3n) is 4.82. The Morgan fingerprint density at radius 3 is 2.74 bits per heavy atom. The van der Waals surface area contributed by atoms with Gasteiger partial charge in [-0.3, -0.25) is 9.36 Å². The Hall–Kier alpha value is -2.62. The second-order valence-corrected chi connectivity index (χ2v) is 7.27. The molecule has 1 aromatic heterocycles. The first-order chi connectivity index (χ1) is 14.9. The normalized spacial score (nSPS) is 17.2. The van der Waals surface area contributed by atoms with Gasteiger partial charge in [-0.25, -0.2) is 9.18 Å². The Balaban J connectivity index is 2.03. The maximum absolute atomic E-state index is 12.9. The second-order valence-electron chi connectivity index (χ2n) is 6.84. The molecule has 2 atom stereocenters. The van der Waals surface area contributed by atoms with Crippen LogP contribution in [0.15, 0.2) is 35.3 Å². The van der Waals surface area contributed by atoms with Crippen molar-refractivity contribution >= 4 is 17.6 Å². The minimum absolute atomic E-state index is 0.0553. The number of hydrogen-bond donors (Lipinski definition) is 1. The SMILES string of the molecule is COc1cn(C(CC2COCCO2)C(=O)O)c(=O)cc1-c1cc(Cl)ccc1OCCF. The van der Waals surface area contributed by atoms with Crippen LogP contribution in [0.25, 0.3) is 11.1 Å². The molecule has 1 fully saturated rings. The fourth-order valence-electron chi connectivity index (χ4n) is 3.39. The van der Waals surface area contributed by atoms with Crippen molar-refractivity contribution in [1.29, 1.82) is 0 Å². The first kappa shape index (κ1) is 23.1. The Labute approximate surface area is 183 Å². The van der Waals surface area contributed by atoms with Gasteiger partial charge >= 0.3 is 5.97 Å². The summed E-state index contributed by atoms with van der Waals surface area (Å²) in [4.78, 5) is 24.8. The van der Waals surface area contributed by atoms with Gasteiger partial charge in [0.15, 0.2) is 0 Å². The van der Waals surface area contributed by atoms with Crippen LogP contribution < -0.4 is 15.0 Å². The van der Waals surface area contributed by atoms with E-state index < -0.39 is 30.3 Å². The lowest BCUT2D eigenvalue weighted by atomic mass is 10.0. The van der Waals surface area contributed by atoms with Gasteiger partial charge in [0, 0.05) is 28.6 Å². The number of aliphatic carboxylic acids is 1. The van der Waals surface area contributed by atoms with Crippen molar-refractivity contribution in [2.45, 2.75) is 18.6 Å². The summed E-state index contributed by atoms with van der Waals surface area (Å²) in [6, 6.07) is 4.79. The van der Waals surface area contributed by atoms with Crippen molar-refractivity contribution in [3.8, 4) is 22.6 Å². The third-order valence-corrected chi connectivity index (χ3v) is 5.06. The summed E-state index contributed by atoms with van der Waals surface area (Å²) < 4.78 is 35.4. The second kappa shape index (κ2) is 10.6. The molecule has 1 aliphatic heterocycles. The molecule has 31 heavy (non-hydrogen) atoms. The van der Waals surface area contributed by atoms with Gasteiger partial charge in [0.2, 0.25) is 0 Å². The van der Waals surface area contributed by atoms with E-state index in [9.17, 15) is 19.1 Å². The molecule has 2 unspecified atom stereocenters. The maximum atomic E-state index is 12.9. The highest BCUT2D eigenvalue weighted by molar-refractivity contribution is 6.31. The summed E-state index contributed by atoms with van der Waals surface area (Å²) in [5.41, 5.74) is 0.218. The molecule has 8 nitrogen and oxygen atoms in total. The van der Waals surface area contributed by atoms with Crippen LogP contribution in [0.5, 0.6) is 11.5 Å². The van der Waals surface area contributed by atoms with Gasteiger partial charge in [0.1, 0.15) is 30.8 Å². The van der Waals surface area contributed by atoms with Crippen molar-refractivity contribution in [2.24, 2.45) is 0 Å². The van der Waals surface area contributed by atoms with Gasteiger partial charge in [-0.1, -0.05) is 11.6 Å². The van der Waals surface area contributed by atoms with E-state index in [2.05, 4.69) is 0 Å². The minimum Gasteiger partial charge on any atom is -0.495 e. The number of carboxylic acids is 1. The zero-order chi connectivity index (χ0) is 22.4. The van der Waals surface area contributed by atoms with E-state index in [1.54, 1.807) is 18.2 Å². The Morgan fingerprint density at radius 1 is 1.32 bits per heavy atom. The highest BCUT2D eigenvalue weighted by Gasteiger charge is 2.28. The average molecular weight is 456 g/mol. The number of nitrogens with zero attached hydrogens (tertiary/aromatic N) is 1. The lowest BCUT2D eigenvalue weighted by Crippen LogP contribution is -2.36. The number of rotatable bonds is 9. The summed E-state index contributed by atoms with van der Waals surface area (Å²) in [6.07, 6.45) is 0.945. The Morgan fingerprint density at radius 2 is 2.10 bits per heavy atom. The van der Waals surface area contributed by atoms with Crippen molar-refractivity contribution in [3.63, 3.8) is 0 Å². The van der Waals surface area contributed by atoms with Crippen LogP contribution >= 0.6 is 11.6 Å². The first-order valence-electron chi connectivity index (χ1n) is 9.65. The number of halogens is 2. The number of alkyl halides is 1. The molecular weight excluding hydrogens is 433 g/mol. The van der Waals surface area contributed by atoms with E-state index in [0.29, 0.717) is 35.1 Å². The molecule has 3 rings (SSSR count). The average Bonchev–Trinajstić information content (AvgIpc) is 2.77. The molecule has 0 amide bonds. The van der Waals surface area contributed by atoms with Gasteiger partial charge in [-0.15, -0.1) is 0 Å². The topological polar surface area (TPSA) is 96.2 Å². The molecule has 168 valence electrons. The van der Waals surface area contributed by atoms with Crippen LogP contribution in [0.3, 0.4) is 0 Å². The van der Waals surface area contributed by atoms with E-state index in [1.165, 1.54) is 19.4 Å². The van der Waals surface area contributed by atoms with Gasteiger partial charge in [0.05, 0.1) is 39.2 Å². The molecule has 2 aromatic rings. The van der Waals surface area contributed by atoms with E-state index >= 15 is 0 Å². The van der Waals surface area contributed by atoms with E-state index in [1.807, 2.05) is 0 Å². The predicted molar refractivity (Wildman–Crippen MR) is 111 cm³/mol. The van der Waals surface area contributed by atoms with Crippen molar-refractivity contribution < 1.29 is 33.2 Å². The number of carboxylic acid groups (broad SMARTS) is 1. The van der Waals surface area contributed by atoms with Gasteiger partial charge in [0.25, 0.3) is 5.56 Å². The lowest BCUT2D eigenvalue weighted by molar-refractivity contribution is -0.145. The quantitative estimate of drug-likeness (QED) is 0.621. The summed E-state index contributed by atoms with van der Waals surface area (Å²) in [5, 5.41) is 10.1. The molecule has 0 bridgehead atoms. The monoisotopic (exact) mass is 455 g/mol. The van der Waals surface area contributed by atoms with Crippen molar-refractivity contribution in [1.82, 2.24) is 4.57 Å². The van der Waals surface area contributed by atoms with Gasteiger partial charge in [-0.2, -0.15) is 0 Å². The van der Waals surface area contributed by atoms with Crippen LogP contribution in [0.2, 0.25) is 5.02 Å². The number of carbonyl (C=O) groups is 1. The first-order valence-corrected chi connectivity index (χ1v) is 10.0. The van der Waals surface area contributed by atoms with E-state index in [0.717, 1.165) is 4.57 Å². The van der Waals surface area contributed by atoms with Gasteiger partial charge in [-0.05, 0) is 18.2 Å². The zero-order valence-electron chi connectivity index (χ0n) is 16.9. The molecule has 0 saturated carbocycles. The summed E-state index contributed by atoms with van der Waals surface area (Å²) in [5.74, 6) is -0.625. The molecule has 1 aliphatic rings. The zero-order valence-corrected chi connectivity index (χ0v) is 17.6. The summed E-state index contributed by atoms with van der Waals surface area (Å²) in [7, 11) is 1.40. The molecule has 0 spiro atoms. The molecule has 1 N–H and O–H groups in total. The number of ether oxygens (including phenoxy) is 4. The molecule has 2 heterocycles. The molecule has 10 heteroatoms. The summed E-state index contributed by atoms with van der Waals surface area (Å²) in [6.45, 7) is 0.214. The highest BCUT2D eigenvalue weighted by atomic mass is 35.5.